The molecule has 0 spiro atoms. The maximum atomic E-state index is 3.25. The molecule has 0 heterocycles. The first-order valence-electron chi connectivity index (χ1n) is 2.70. The predicted molar refractivity (Wildman–Crippen MR) is 61.5 cm³/mol. The molecule has 0 atom stereocenters. The summed E-state index contributed by atoms with van der Waals surface area (Å²) >= 11 is 5.30. The van der Waals surface area contributed by atoms with E-state index in [0.29, 0.717) is 13.3 Å². The molecular weight excluding hydrogens is 637 g/mol. The van der Waals surface area contributed by atoms with Gasteiger partial charge in [-0.25, -0.2) is 0 Å². The molecule has 0 aromatic carbocycles. The van der Waals surface area contributed by atoms with E-state index in [4.69, 9.17) is 0 Å². The van der Waals surface area contributed by atoms with E-state index in [-0.39, 0.29) is 21.1 Å². The Labute approximate surface area is 111 Å². The van der Waals surface area contributed by atoms with Gasteiger partial charge in [-0.05, 0) is 0 Å². The second-order valence-corrected chi connectivity index (χ2v) is 16.3. The maximum Gasteiger partial charge on any atom is 2.00 e. The Morgan fingerprint density at radius 3 is 0.900 bits per heavy atom. The van der Waals surface area contributed by atoms with Gasteiger partial charge in [0.05, 0.1) is 0 Å². The zero-order chi connectivity index (χ0) is 8.71. The molecule has 0 rings (SSSR count). The fourth-order valence-corrected chi connectivity index (χ4v) is 0. The fraction of sp³-hybridized carbons (Fsp3) is 0.667. The summed E-state index contributed by atoms with van der Waals surface area (Å²) in [6.45, 7) is 14.0. The average Bonchev–Trinajstić information content (AvgIpc) is 2.01. The Balaban J connectivity index is -0.0000000110. The zero-order valence-electron chi connectivity index (χ0n) is 6.96. The van der Waals surface area contributed by atoms with Gasteiger partial charge in [0, 0.05) is 0 Å². The zero-order valence-corrected chi connectivity index (χ0v) is 16.4. The third-order valence-electron chi connectivity index (χ3n) is 0. The molecule has 0 saturated carbocycles. The van der Waals surface area contributed by atoms with Gasteiger partial charge in [0.2, 0.25) is 0 Å². The first-order chi connectivity index (χ1) is 4.41. The van der Waals surface area contributed by atoms with Crippen molar-refractivity contribution in [2.75, 3.05) is 0 Å². The molecule has 0 bridgehead atoms. The van der Waals surface area contributed by atoms with Crippen LogP contribution in [0, 0.1) is 13.8 Å². The molecule has 0 aromatic heterocycles. The van der Waals surface area contributed by atoms with Crippen LogP contribution in [-0.4, -0.2) is 0 Å². The largest absolute Gasteiger partial charge is 2.00 e. The molecule has 68 valence electrons. The molecule has 0 radical (unpaired) electrons. The van der Waals surface area contributed by atoms with Gasteiger partial charge >= 0.3 is 71.6 Å². The monoisotopic (exact) mass is 653 g/mol. The SMILES string of the molecule is CC.I[I-]I.[CH2-]C.[CH2-]C.[W+2]. The Hall–Kier alpha value is 2.88. The molecule has 0 unspecified atom stereocenters. The van der Waals surface area contributed by atoms with E-state index in [2.05, 4.69) is 51.1 Å². The maximum absolute atomic E-state index is 3.25. The topological polar surface area (TPSA) is 0 Å². The third-order valence-corrected chi connectivity index (χ3v) is 0. The van der Waals surface area contributed by atoms with E-state index >= 15 is 0 Å². The van der Waals surface area contributed by atoms with Crippen LogP contribution in [0.2, 0.25) is 0 Å². The quantitative estimate of drug-likeness (QED) is 0.275. The van der Waals surface area contributed by atoms with Gasteiger partial charge in [0.15, 0.2) is 0 Å². The van der Waals surface area contributed by atoms with Crippen molar-refractivity contribution in [2.24, 2.45) is 0 Å². The van der Waals surface area contributed by atoms with E-state index in [0.717, 1.165) is 0 Å². The van der Waals surface area contributed by atoms with Gasteiger partial charge in [-0.15, -0.1) is 0 Å². The summed E-state index contributed by atoms with van der Waals surface area (Å²) in [5.74, 6) is 0. The van der Waals surface area contributed by atoms with E-state index in [1.807, 2.05) is 13.8 Å². The molecule has 0 aliphatic rings. The van der Waals surface area contributed by atoms with Gasteiger partial charge in [-0.2, -0.15) is 13.8 Å². The predicted octanol–water partition coefficient (Wildman–Crippen LogP) is 1.48. The molecule has 0 saturated heterocycles. The summed E-state index contributed by atoms with van der Waals surface area (Å²) in [7, 11) is 0. The van der Waals surface area contributed by atoms with Crippen LogP contribution in [0.3, 0.4) is 0 Å². The van der Waals surface area contributed by atoms with E-state index in [1.165, 1.54) is 0 Å². The van der Waals surface area contributed by atoms with Crippen molar-refractivity contribution < 1.29 is 34.3 Å². The number of rotatable bonds is 0. The summed E-state index contributed by atoms with van der Waals surface area (Å²) in [4.78, 5) is 0. The smallest absolute Gasteiger partial charge is 0.346 e. The summed E-state index contributed by atoms with van der Waals surface area (Å²) in [5, 5.41) is 0. The van der Waals surface area contributed by atoms with Gasteiger partial charge < -0.3 is 13.8 Å². The fourth-order valence-electron chi connectivity index (χ4n) is 0. The molecule has 0 aromatic rings. The minimum absolute atomic E-state index is 0. The van der Waals surface area contributed by atoms with Gasteiger partial charge in [0.1, 0.15) is 0 Å². The number of halogens is 3. The van der Waals surface area contributed by atoms with Crippen LogP contribution >= 0.6 is 37.2 Å². The molecule has 0 aliphatic carbocycles. The summed E-state index contributed by atoms with van der Waals surface area (Å²) in [5.41, 5.74) is 0. The molecule has 0 fully saturated rings. The van der Waals surface area contributed by atoms with Gasteiger partial charge in [-0.1, -0.05) is 13.8 Å². The van der Waals surface area contributed by atoms with E-state index in [1.54, 1.807) is 13.8 Å². The van der Waals surface area contributed by atoms with Crippen LogP contribution < -0.4 is 13.3 Å². The molecule has 0 amide bonds. The van der Waals surface area contributed by atoms with Crippen LogP contribution in [0.25, 0.3) is 0 Å². The van der Waals surface area contributed by atoms with E-state index in [9.17, 15) is 0 Å². The minimum Gasteiger partial charge on any atom is -0.346 e. The second-order valence-electron chi connectivity index (χ2n) is 0.0540. The van der Waals surface area contributed by atoms with Crippen LogP contribution in [-0.2, 0) is 21.1 Å². The van der Waals surface area contributed by atoms with Crippen LogP contribution in [0.1, 0.15) is 27.7 Å². The van der Waals surface area contributed by atoms with Gasteiger partial charge in [0.25, 0.3) is 0 Å². The van der Waals surface area contributed by atoms with Crippen molar-refractivity contribution in [3.8, 4) is 0 Å². The molecule has 0 N–H and O–H groups in total. The Bertz CT molecular complexity index is 13.0. The second kappa shape index (κ2) is 93.5. The summed E-state index contributed by atoms with van der Waals surface area (Å²) in [6, 6.07) is 0. The summed E-state index contributed by atoms with van der Waals surface area (Å²) < 4.78 is 0. The van der Waals surface area contributed by atoms with Crippen LogP contribution in [0.4, 0.5) is 0 Å². The summed E-state index contributed by atoms with van der Waals surface area (Å²) in [6.07, 6.45) is 0. The molecule has 4 heteroatoms. The van der Waals surface area contributed by atoms with Crippen molar-refractivity contribution in [1.29, 1.82) is 0 Å². The normalized spacial score (nSPS) is 4.00. The minimum atomic E-state index is 0. The van der Waals surface area contributed by atoms with Crippen molar-refractivity contribution in [3.05, 3.63) is 13.8 Å². The Morgan fingerprint density at radius 2 is 0.900 bits per heavy atom. The van der Waals surface area contributed by atoms with Crippen molar-refractivity contribution >= 4 is 37.2 Å². The Morgan fingerprint density at radius 1 is 0.900 bits per heavy atom. The van der Waals surface area contributed by atoms with Crippen LogP contribution in [0.5, 0.6) is 0 Å². The molecule has 0 nitrogen and oxygen atoms in total. The molecular formula is C6H16I3W-. The third kappa shape index (κ3) is 128. The first-order valence-corrected chi connectivity index (χ1v) is 15.3. The van der Waals surface area contributed by atoms with Crippen molar-refractivity contribution in [3.63, 3.8) is 0 Å². The standard InChI is InChI=1S/C2H6.2C2H5.I3.W/c3*1-2;1-3-2;/h1-2H3;2*1H2,2H3;;/q;3*-1;+2. The van der Waals surface area contributed by atoms with Crippen molar-refractivity contribution in [2.45, 2.75) is 27.7 Å². The molecule has 10 heavy (non-hydrogen) atoms. The molecule has 0 aliphatic heterocycles. The van der Waals surface area contributed by atoms with Crippen LogP contribution in [0.15, 0.2) is 0 Å². The first kappa shape index (κ1) is 29.3. The average molecular weight is 653 g/mol. The number of hydrogen-bond acceptors (Lipinski definition) is 0. The van der Waals surface area contributed by atoms with Gasteiger partial charge in [-0.3, -0.25) is 0 Å². The van der Waals surface area contributed by atoms with E-state index < -0.39 is 0 Å². The van der Waals surface area contributed by atoms with Crippen molar-refractivity contribution in [1.82, 2.24) is 0 Å². The number of hydrogen-bond donors (Lipinski definition) is 0. The Kier molecular flexibility index (Phi) is 274.